The van der Waals surface area contributed by atoms with Gasteiger partial charge in [-0.05, 0) is 62.1 Å². The lowest BCUT2D eigenvalue weighted by atomic mass is 9.98. The highest BCUT2D eigenvalue weighted by molar-refractivity contribution is 5.99. The second kappa shape index (κ2) is 8.28. The number of rotatable bonds is 4. The van der Waals surface area contributed by atoms with Crippen molar-refractivity contribution in [1.29, 1.82) is 0 Å². The van der Waals surface area contributed by atoms with Crippen LogP contribution in [0.25, 0.3) is 0 Å². The number of nitrogens with one attached hydrogen (secondary N) is 2. The Kier molecular flexibility index (Phi) is 5.61. The van der Waals surface area contributed by atoms with Gasteiger partial charge in [0, 0.05) is 11.9 Å². The second-order valence-corrected chi connectivity index (χ2v) is 6.04. The number of aromatic nitrogens is 1. The van der Waals surface area contributed by atoms with E-state index in [1.807, 2.05) is 0 Å². The average molecular weight is 339 g/mol. The van der Waals surface area contributed by atoms with Crippen LogP contribution in [0.1, 0.15) is 42.5 Å². The van der Waals surface area contributed by atoms with Crippen molar-refractivity contribution in [3.8, 4) is 0 Å². The predicted octanol–water partition coefficient (Wildman–Crippen LogP) is 4.22. The number of carbonyl (C=O) groups is 2. The molecule has 1 fully saturated rings. The van der Waals surface area contributed by atoms with E-state index >= 15 is 0 Å². The third-order valence-corrected chi connectivity index (χ3v) is 4.11. The van der Waals surface area contributed by atoms with E-state index in [1.165, 1.54) is 6.42 Å². The first-order chi connectivity index (χ1) is 12.2. The molecule has 6 nitrogen and oxygen atoms in total. The first-order valence-corrected chi connectivity index (χ1v) is 8.51. The Morgan fingerprint density at radius 2 is 1.72 bits per heavy atom. The van der Waals surface area contributed by atoms with E-state index in [2.05, 4.69) is 15.6 Å². The predicted molar refractivity (Wildman–Crippen MR) is 95.6 cm³/mol. The minimum Gasteiger partial charge on any atom is -0.459 e. The van der Waals surface area contributed by atoms with Crippen LogP contribution < -0.4 is 10.6 Å². The Hall–Kier alpha value is -2.89. The molecule has 2 N–H and O–H groups in total. The van der Waals surface area contributed by atoms with Gasteiger partial charge in [-0.3, -0.25) is 5.32 Å². The van der Waals surface area contributed by atoms with Gasteiger partial charge in [-0.25, -0.2) is 14.6 Å². The lowest BCUT2D eigenvalue weighted by Gasteiger charge is -2.21. The van der Waals surface area contributed by atoms with Gasteiger partial charge in [-0.15, -0.1) is 0 Å². The van der Waals surface area contributed by atoms with Crippen LogP contribution in [0.3, 0.4) is 0 Å². The molecule has 1 aromatic heterocycles. The molecule has 25 heavy (non-hydrogen) atoms. The van der Waals surface area contributed by atoms with E-state index in [1.54, 1.807) is 48.7 Å². The molecule has 130 valence electrons. The summed E-state index contributed by atoms with van der Waals surface area (Å²) in [6, 6.07) is 11.5. The van der Waals surface area contributed by atoms with Crippen molar-refractivity contribution in [3.05, 3.63) is 54.2 Å². The van der Waals surface area contributed by atoms with E-state index in [-0.39, 0.29) is 12.1 Å². The van der Waals surface area contributed by atoms with E-state index in [4.69, 9.17) is 4.74 Å². The summed E-state index contributed by atoms with van der Waals surface area (Å²) in [6.45, 7) is 0. The minimum absolute atomic E-state index is 0.0307. The Labute approximate surface area is 146 Å². The number of esters is 1. The maximum absolute atomic E-state index is 12.2. The SMILES string of the molecule is O=C(Nc1ccc(C(=O)OC2CCCCC2)cc1)Nc1ccccn1. The monoisotopic (exact) mass is 339 g/mol. The molecule has 2 aromatic rings. The molecule has 0 bridgehead atoms. The van der Waals surface area contributed by atoms with E-state index in [0.717, 1.165) is 25.7 Å². The fourth-order valence-electron chi connectivity index (χ4n) is 2.81. The van der Waals surface area contributed by atoms with Gasteiger partial charge in [0.05, 0.1) is 5.56 Å². The van der Waals surface area contributed by atoms with Crippen molar-refractivity contribution in [2.45, 2.75) is 38.2 Å². The summed E-state index contributed by atoms with van der Waals surface area (Å²) in [5.41, 5.74) is 1.07. The molecule has 0 atom stereocenters. The third-order valence-electron chi connectivity index (χ3n) is 4.11. The summed E-state index contributed by atoms with van der Waals surface area (Å²) >= 11 is 0. The molecule has 0 aliphatic heterocycles. The van der Waals surface area contributed by atoms with Crippen LogP contribution in [-0.2, 0) is 4.74 Å². The van der Waals surface area contributed by atoms with Crippen molar-refractivity contribution in [3.63, 3.8) is 0 Å². The summed E-state index contributed by atoms with van der Waals surface area (Å²) in [7, 11) is 0. The largest absolute Gasteiger partial charge is 0.459 e. The number of urea groups is 1. The lowest BCUT2D eigenvalue weighted by molar-refractivity contribution is 0.0211. The average Bonchev–Trinajstić information content (AvgIpc) is 2.64. The number of carbonyl (C=O) groups excluding carboxylic acids is 2. The normalized spacial score (nSPS) is 14.6. The molecule has 1 heterocycles. The minimum atomic E-state index is -0.392. The summed E-state index contributed by atoms with van der Waals surface area (Å²) in [4.78, 5) is 28.1. The smallest absolute Gasteiger partial charge is 0.338 e. The van der Waals surface area contributed by atoms with Crippen LogP contribution in [0.5, 0.6) is 0 Å². The molecule has 1 aliphatic carbocycles. The molecule has 6 heteroatoms. The highest BCUT2D eigenvalue weighted by Crippen LogP contribution is 2.21. The quantitative estimate of drug-likeness (QED) is 0.818. The highest BCUT2D eigenvalue weighted by Gasteiger charge is 2.18. The second-order valence-electron chi connectivity index (χ2n) is 6.04. The maximum atomic E-state index is 12.2. The van der Waals surface area contributed by atoms with E-state index in [9.17, 15) is 9.59 Å². The van der Waals surface area contributed by atoms with Crippen LogP contribution >= 0.6 is 0 Å². The van der Waals surface area contributed by atoms with Crippen molar-refractivity contribution in [1.82, 2.24) is 4.98 Å². The molecule has 1 saturated carbocycles. The molecule has 0 saturated heterocycles. The zero-order chi connectivity index (χ0) is 17.5. The van der Waals surface area contributed by atoms with Gasteiger partial charge in [0.25, 0.3) is 0 Å². The summed E-state index contributed by atoms with van der Waals surface area (Å²) < 4.78 is 5.53. The summed E-state index contributed by atoms with van der Waals surface area (Å²) in [6.07, 6.45) is 6.97. The van der Waals surface area contributed by atoms with Crippen molar-refractivity contribution >= 4 is 23.5 Å². The van der Waals surface area contributed by atoms with Gasteiger partial charge in [0.1, 0.15) is 11.9 Å². The summed E-state index contributed by atoms with van der Waals surface area (Å²) in [5.74, 6) is 0.157. The molecular formula is C19H21N3O3. The van der Waals surface area contributed by atoms with Gasteiger partial charge in [-0.1, -0.05) is 12.5 Å². The molecule has 0 spiro atoms. The first kappa shape index (κ1) is 17.0. The topological polar surface area (TPSA) is 80.3 Å². The van der Waals surface area contributed by atoms with Gasteiger partial charge in [0.2, 0.25) is 0 Å². The molecule has 1 aliphatic rings. The number of benzene rings is 1. The third kappa shape index (κ3) is 5.04. The lowest BCUT2D eigenvalue weighted by Crippen LogP contribution is -2.21. The van der Waals surface area contributed by atoms with Crippen molar-refractivity contribution < 1.29 is 14.3 Å². The van der Waals surface area contributed by atoms with E-state index < -0.39 is 6.03 Å². The van der Waals surface area contributed by atoms with Gasteiger partial charge < -0.3 is 10.1 Å². The zero-order valence-corrected chi connectivity index (χ0v) is 13.9. The fraction of sp³-hybridized carbons (Fsp3) is 0.316. The number of hydrogen-bond donors (Lipinski definition) is 2. The van der Waals surface area contributed by atoms with Gasteiger partial charge in [-0.2, -0.15) is 0 Å². The van der Waals surface area contributed by atoms with Crippen LogP contribution in [0.15, 0.2) is 48.7 Å². The number of ether oxygens (including phenoxy) is 1. The van der Waals surface area contributed by atoms with Crippen LogP contribution in [0.4, 0.5) is 16.3 Å². The number of hydrogen-bond acceptors (Lipinski definition) is 4. The number of amides is 2. The maximum Gasteiger partial charge on any atom is 0.338 e. The van der Waals surface area contributed by atoms with Crippen LogP contribution in [0.2, 0.25) is 0 Å². The molecule has 0 unspecified atom stereocenters. The van der Waals surface area contributed by atoms with Crippen LogP contribution in [-0.4, -0.2) is 23.1 Å². The Balaban J connectivity index is 1.52. The van der Waals surface area contributed by atoms with Crippen molar-refractivity contribution in [2.75, 3.05) is 10.6 Å². The van der Waals surface area contributed by atoms with Gasteiger partial charge >= 0.3 is 12.0 Å². The molecule has 3 rings (SSSR count). The Bertz CT molecular complexity index is 710. The fourth-order valence-corrected chi connectivity index (χ4v) is 2.81. The van der Waals surface area contributed by atoms with Gasteiger partial charge in [0.15, 0.2) is 0 Å². The van der Waals surface area contributed by atoms with Crippen LogP contribution in [0, 0.1) is 0 Å². The highest BCUT2D eigenvalue weighted by atomic mass is 16.5. The zero-order valence-electron chi connectivity index (χ0n) is 13.9. The number of anilines is 2. The molecule has 2 amide bonds. The Morgan fingerprint density at radius 3 is 2.40 bits per heavy atom. The first-order valence-electron chi connectivity index (χ1n) is 8.51. The molecule has 0 radical (unpaired) electrons. The standard InChI is InChI=1S/C19H21N3O3/c23-18(25-16-6-2-1-3-7-16)14-9-11-15(12-10-14)21-19(24)22-17-8-4-5-13-20-17/h4-5,8-13,16H,1-3,6-7H2,(H2,20,21,22,24). The van der Waals surface area contributed by atoms with Crippen molar-refractivity contribution in [2.24, 2.45) is 0 Å². The molecule has 1 aromatic carbocycles. The molecular weight excluding hydrogens is 318 g/mol. The summed E-state index contributed by atoms with van der Waals surface area (Å²) in [5, 5.41) is 5.32. The van der Waals surface area contributed by atoms with E-state index in [0.29, 0.717) is 17.1 Å². The Morgan fingerprint density at radius 1 is 0.960 bits per heavy atom. The number of pyridine rings is 1. The number of nitrogens with zero attached hydrogens (tertiary/aromatic N) is 1.